The predicted octanol–water partition coefficient (Wildman–Crippen LogP) is 3.09. The largest absolute Gasteiger partial charge is 0.348 e. The van der Waals surface area contributed by atoms with Crippen molar-refractivity contribution in [1.82, 2.24) is 0 Å². The van der Waals surface area contributed by atoms with Crippen LogP contribution in [0.3, 0.4) is 0 Å². The molecule has 13 heavy (non-hydrogen) atoms. The lowest BCUT2D eigenvalue weighted by Gasteiger charge is -2.21. The molecule has 2 nitrogen and oxygen atoms in total. The predicted molar refractivity (Wildman–Crippen MR) is 57.2 cm³/mol. The number of unbranched alkanes of at least 4 members (excludes halogenated alkanes) is 3. The van der Waals surface area contributed by atoms with Crippen molar-refractivity contribution in [3.63, 3.8) is 0 Å². The lowest BCUT2D eigenvalue weighted by Crippen LogP contribution is -2.24. The molecule has 78 valence electrons. The van der Waals surface area contributed by atoms with Gasteiger partial charge in [-0.05, 0) is 19.8 Å². The summed E-state index contributed by atoms with van der Waals surface area (Å²) in [5.41, 5.74) is 0. The number of halogens is 1. The van der Waals surface area contributed by atoms with Gasteiger partial charge in [0.2, 0.25) is 0 Å². The number of hydrogen-bond donors (Lipinski definition) is 0. The third-order valence-corrected chi connectivity index (χ3v) is 2.97. The summed E-state index contributed by atoms with van der Waals surface area (Å²) in [5, 5.41) is 1.12. The van der Waals surface area contributed by atoms with E-state index in [9.17, 15) is 0 Å². The molecule has 0 atom stereocenters. The van der Waals surface area contributed by atoms with Gasteiger partial charge in [0.15, 0.2) is 5.79 Å². The summed E-state index contributed by atoms with van der Waals surface area (Å²) in [6.45, 7) is 3.57. The van der Waals surface area contributed by atoms with Crippen molar-refractivity contribution in [2.24, 2.45) is 0 Å². The molecule has 0 aliphatic carbocycles. The third-order valence-electron chi connectivity index (χ3n) is 2.41. The second kappa shape index (κ2) is 5.99. The molecule has 1 aliphatic rings. The second-order valence-corrected chi connectivity index (χ2v) is 4.48. The summed E-state index contributed by atoms with van der Waals surface area (Å²) in [6, 6.07) is 0. The van der Waals surface area contributed by atoms with E-state index in [1.807, 2.05) is 6.92 Å². The van der Waals surface area contributed by atoms with Crippen LogP contribution in [0.5, 0.6) is 0 Å². The minimum Gasteiger partial charge on any atom is -0.348 e. The van der Waals surface area contributed by atoms with Gasteiger partial charge < -0.3 is 9.47 Å². The Labute approximate surface area is 89.1 Å². The first kappa shape index (κ1) is 11.5. The van der Waals surface area contributed by atoms with Crippen molar-refractivity contribution in [1.29, 1.82) is 0 Å². The standard InChI is InChI=1S/C10H19BrO2/c1-10(12-8-9-13-10)6-4-2-3-5-7-11/h2-9H2,1H3. The van der Waals surface area contributed by atoms with E-state index in [0.29, 0.717) is 0 Å². The fourth-order valence-corrected chi connectivity index (χ4v) is 1.99. The van der Waals surface area contributed by atoms with Crippen molar-refractivity contribution in [2.75, 3.05) is 18.5 Å². The molecule has 0 amide bonds. The maximum Gasteiger partial charge on any atom is 0.165 e. The van der Waals surface area contributed by atoms with Crippen LogP contribution in [0.25, 0.3) is 0 Å². The average Bonchev–Trinajstić information content (AvgIpc) is 2.53. The van der Waals surface area contributed by atoms with Crippen LogP contribution in [-0.4, -0.2) is 24.3 Å². The smallest absolute Gasteiger partial charge is 0.165 e. The van der Waals surface area contributed by atoms with Crippen LogP contribution in [0.15, 0.2) is 0 Å². The molecule has 1 rings (SSSR count). The van der Waals surface area contributed by atoms with Gasteiger partial charge in [0, 0.05) is 11.8 Å². The molecule has 1 fully saturated rings. The van der Waals surface area contributed by atoms with Gasteiger partial charge in [-0.2, -0.15) is 0 Å². The lowest BCUT2D eigenvalue weighted by molar-refractivity contribution is -0.147. The molecule has 1 saturated heterocycles. The normalized spacial score (nSPS) is 20.8. The topological polar surface area (TPSA) is 18.5 Å². The first-order valence-corrected chi connectivity index (χ1v) is 6.23. The quantitative estimate of drug-likeness (QED) is 0.533. The van der Waals surface area contributed by atoms with Crippen molar-refractivity contribution < 1.29 is 9.47 Å². The summed E-state index contributed by atoms with van der Waals surface area (Å²) < 4.78 is 11.0. The van der Waals surface area contributed by atoms with Crippen molar-refractivity contribution in [3.05, 3.63) is 0 Å². The second-order valence-electron chi connectivity index (χ2n) is 3.68. The zero-order valence-electron chi connectivity index (χ0n) is 8.35. The SMILES string of the molecule is CC1(CCCCCCBr)OCCO1. The minimum atomic E-state index is -0.269. The fraction of sp³-hybridized carbons (Fsp3) is 1.00. The highest BCUT2D eigenvalue weighted by molar-refractivity contribution is 9.09. The Kier molecular flexibility index (Phi) is 5.29. The van der Waals surface area contributed by atoms with E-state index >= 15 is 0 Å². The molecule has 0 radical (unpaired) electrons. The molecule has 0 bridgehead atoms. The van der Waals surface area contributed by atoms with Gasteiger partial charge in [-0.1, -0.05) is 28.8 Å². The van der Waals surface area contributed by atoms with Crippen LogP contribution in [0.4, 0.5) is 0 Å². The third kappa shape index (κ3) is 4.43. The Bertz CT molecular complexity index is 133. The van der Waals surface area contributed by atoms with Crippen LogP contribution < -0.4 is 0 Å². The molecule has 0 aromatic heterocycles. The number of hydrogen-bond acceptors (Lipinski definition) is 2. The van der Waals surface area contributed by atoms with E-state index in [2.05, 4.69) is 15.9 Å². The van der Waals surface area contributed by atoms with Crippen molar-refractivity contribution in [3.8, 4) is 0 Å². The molecular formula is C10H19BrO2. The van der Waals surface area contributed by atoms with Gasteiger partial charge in [-0.25, -0.2) is 0 Å². The van der Waals surface area contributed by atoms with E-state index < -0.39 is 0 Å². The zero-order valence-corrected chi connectivity index (χ0v) is 9.94. The Morgan fingerprint density at radius 2 is 1.69 bits per heavy atom. The highest BCUT2D eigenvalue weighted by Crippen LogP contribution is 2.25. The van der Waals surface area contributed by atoms with E-state index in [1.54, 1.807) is 0 Å². The molecule has 0 N–H and O–H groups in total. The molecule has 0 spiro atoms. The first-order valence-electron chi connectivity index (χ1n) is 5.11. The number of alkyl halides is 1. The minimum absolute atomic E-state index is 0.269. The maximum atomic E-state index is 5.52. The van der Waals surface area contributed by atoms with E-state index in [0.717, 1.165) is 25.0 Å². The highest BCUT2D eigenvalue weighted by atomic mass is 79.9. The van der Waals surface area contributed by atoms with Gasteiger partial charge in [-0.3, -0.25) is 0 Å². The average molecular weight is 251 g/mol. The van der Waals surface area contributed by atoms with Gasteiger partial charge in [0.25, 0.3) is 0 Å². The summed E-state index contributed by atoms with van der Waals surface area (Å²) in [4.78, 5) is 0. The van der Waals surface area contributed by atoms with Gasteiger partial charge in [0.1, 0.15) is 0 Å². The molecule has 0 saturated carbocycles. The monoisotopic (exact) mass is 250 g/mol. The summed E-state index contributed by atoms with van der Waals surface area (Å²) >= 11 is 3.43. The highest BCUT2D eigenvalue weighted by Gasteiger charge is 2.29. The summed E-state index contributed by atoms with van der Waals surface area (Å²) in [7, 11) is 0. The molecule has 1 aliphatic heterocycles. The maximum absolute atomic E-state index is 5.52. The molecule has 3 heteroatoms. The zero-order chi connectivity index (χ0) is 9.57. The Morgan fingerprint density at radius 1 is 1.08 bits per heavy atom. The van der Waals surface area contributed by atoms with Gasteiger partial charge in [-0.15, -0.1) is 0 Å². The summed E-state index contributed by atoms with van der Waals surface area (Å²) in [5.74, 6) is -0.269. The Morgan fingerprint density at radius 3 is 2.31 bits per heavy atom. The molecule has 0 aromatic carbocycles. The van der Waals surface area contributed by atoms with Gasteiger partial charge >= 0.3 is 0 Å². The van der Waals surface area contributed by atoms with Crippen molar-refractivity contribution in [2.45, 2.75) is 44.8 Å². The summed E-state index contributed by atoms with van der Waals surface area (Å²) in [6.07, 6.45) is 6.12. The fourth-order valence-electron chi connectivity index (χ4n) is 1.60. The van der Waals surface area contributed by atoms with E-state index in [-0.39, 0.29) is 5.79 Å². The van der Waals surface area contributed by atoms with Crippen LogP contribution in [0, 0.1) is 0 Å². The first-order chi connectivity index (χ1) is 6.27. The van der Waals surface area contributed by atoms with Crippen LogP contribution in [-0.2, 0) is 9.47 Å². The molecule has 0 unspecified atom stereocenters. The number of ether oxygens (including phenoxy) is 2. The molecule has 0 aromatic rings. The number of rotatable bonds is 6. The van der Waals surface area contributed by atoms with E-state index in [4.69, 9.17) is 9.47 Å². The molecular weight excluding hydrogens is 232 g/mol. The Balaban J connectivity index is 1.98. The van der Waals surface area contributed by atoms with Crippen molar-refractivity contribution >= 4 is 15.9 Å². The van der Waals surface area contributed by atoms with Crippen LogP contribution in [0.1, 0.15) is 39.0 Å². The lowest BCUT2D eigenvalue weighted by atomic mass is 10.1. The molecule has 1 heterocycles. The van der Waals surface area contributed by atoms with E-state index in [1.165, 1.54) is 25.7 Å². The van der Waals surface area contributed by atoms with Gasteiger partial charge in [0.05, 0.1) is 13.2 Å². The Hall–Kier alpha value is 0.400. The van der Waals surface area contributed by atoms with Crippen LogP contribution in [0.2, 0.25) is 0 Å². The van der Waals surface area contributed by atoms with Crippen LogP contribution >= 0.6 is 15.9 Å².